The summed E-state index contributed by atoms with van der Waals surface area (Å²) in [6.07, 6.45) is 0. The van der Waals surface area contributed by atoms with E-state index in [2.05, 4.69) is 10.0 Å². The van der Waals surface area contributed by atoms with Crippen LogP contribution in [0.5, 0.6) is 0 Å². The largest absolute Gasteiger partial charge is 0.322 e. The van der Waals surface area contributed by atoms with E-state index in [4.69, 9.17) is 23.2 Å². The highest BCUT2D eigenvalue weighted by atomic mass is 35.5. The molecule has 0 bridgehead atoms. The van der Waals surface area contributed by atoms with Gasteiger partial charge in [-0.3, -0.25) is 9.52 Å². The Morgan fingerprint density at radius 3 is 2.29 bits per heavy atom. The molecule has 0 saturated heterocycles. The van der Waals surface area contributed by atoms with Gasteiger partial charge in [-0.05, 0) is 61.0 Å². The third-order valence-corrected chi connectivity index (χ3v) is 5.93. The average molecular weight is 435 g/mol. The number of sulfonamides is 1. The zero-order chi connectivity index (χ0) is 20.3. The number of hydrogen-bond donors (Lipinski definition) is 2. The molecule has 0 spiro atoms. The van der Waals surface area contributed by atoms with Gasteiger partial charge >= 0.3 is 0 Å². The fourth-order valence-electron chi connectivity index (χ4n) is 2.52. The first-order valence-electron chi connectivity index (χ1n) is 8.21. The summed E-state index contributed by atoms with van der Waals surface area (Å²) in [6.45, 7) is 1.84. The summed E-state index contributed by atoms with van der Waals surface area (Å²) < 4.78 is 27.5. The first-order valence-corrected chi connectivity index (χ1v) is 10.4. The molecule has 1 amide bonds. The molecule has 0 radical (unpaired) electrons. The zero-order valence-corrected chi connectivity index (χ0v) is 17.1. The van der Waals surface area contributed by atoms with Crippen molar-refractivity contribution in [3.63, 3.8) is 0 Å². The lowest BCUT2D eigenvalue weighted by atomic mass is 10.1. The van der Waals surface area contributed by atoms with Crippen LogP contribution < -0.4 is 10.0 Å². The molecular weight excluding hydrogens is 419 g/mol. The number of hydrogen-bond acceptors (Lipinski definition) is 3. The molecule has 28 heavy (non-hydrogen) atoms. The van der Waals surface area contributed by atoms with Gasteiger partial charge in [0.25, 0.3) is 15.9 Å². The molecule has 0 aliphatic carbocycles. The van der Waals surface area contributed by atoms with E-state index in [-0.39, 0.29) is 21.5 Å². The van der Waals surface area contributed by atoms with Crippen LogP contribution in [0.3, 0.4) is 0 Å². The molecule has 0 aliphatic rings. The van der Waals surface area contributed by atoms with Crippen LogP contribution in [0.4, 0.5) is 11.4 Å². The van der Waals surface area contributed by atoms with E-state index >= 15 is 0 Å². The molecule has 0 aliphatic heterocycles. The first-order chi connectivity index (χ1) is 13.3. The van der Waals surface area contributed by atoms with Crippen molar-refractivity contribution in [2.75, 3.05) is 10.0 Å². The van der Waals surface area contributed by atoms with Gasteiger partial charge in [0.1, 0.15) is 0 Å². The first kappa shape index (κ1) is 20.2. The van der Waals surface area contributed by atoms with Crippen molar-refractivity contribution >= 4 is 50.5 Å². The fourth-order valence-corrected chi connectivity index (χ4v) is 3.99. The van der Waals surface area contributed by atoms with Gasteiger partial charge in [-0.15, -0.1) is 0 Å². The molecule has 0 atom stereocenters. The van der Waals surface area contributed by atoms with Gasteiger partial charge in [0.2, 0.25) is 0 Å². The molecule has 0 fully saturated rings. The zero-order valence-electron chi connectivity index (χ0n) is 14.7. The minimum Gasteiger partial charge on any atom is -0.322 e. The van der Waals surface area contributed by atoms with Crippen molar-refractivity contribution in [3.8, 4) is 0 Å². The number of benzene rings is 3. The second kappa shape index (κ2) is 8.22. The Hall–Kier alpha value is -2.54. The van der Waals surface area contributed by atoms with E-state index in [1.807, 2.05) is 19.1 Å². The average Bonchev–Trinajstić information content (AvgIpc) is 2.65. The number of aryl methyl sites for hydroxylation is 1. The fraction of sp³-hybridized carbons (Fsp3) is 0.0500. The van der Waals surface area contributed by atoms with Gasteiger partial charge in [-0.25, -0.2) is 8.42 Å². The summed E-state index contributed by atoms with van der Waals surface area (Å²) in [7, 11) is -3.86. The normalized spacial score (nSPS) is 11.1. The van der Waals surface area contributed by atoms with E-state index in [0.29, 0.717) is 16.3 Å². The topological polar surface area (TPSA) is 75.3 Å². The lowest BCUT2D eigenvalue weighted by Crippen LogP contribution is -2.15. The maximum absolute atomic E-state index is 12.6. The molecule has 0 heterocycles. The number of carbonyl (C=O) groups excluding carboxylic acids is 1. The van der Waals surface area contributed by atoms with Gasteiger partial charge in [-0.2, -0.15) is 0 Å². The monoisotopic (exact) mass is 434 g/mol. The van der Waals surface area contributed by atoms with Crippen molar-refractivity contribution in [2.45, 2.75) is 11.8 Å². The SMILES string of the molecule is Cc1ccccc1C(=O)Nc1ccc(S(=O)(=O)Nc2cc(Cl)ccc2Cl)cc1. The predicted octanol–water partition coefficient (Wildman–Crippen LogP) is 5.35. The van der Waals surface area contributed by atoms with Crippen molar-refractivity contribution in [2.24, 2.45) is 0 Å². The number of anilines is 2. The highest BCUT2D eigenvalue weighted by molar-refractivity contribution is 7.92. The van der Waals surface area contributed by atoms with Crippen LogP contribution in [0.2, 0.25) is 10.0 Å². The van der Waals surface area contributed by atoms with Crippen molar-refractivity contribution in [3.05, 3.63) is 87.9 Å². The maximum Gasteiger partial charge on any atom is 0.261 e. The molecule has 5 nitrogen and oxygen atoms in total. The molecule has 3 aromatic carbocycles. The van der Waals surface area contributed by atoms with Crippen molar-refractivity contribution in [1.29, 1.82) is 0 Å². The molecule has 144 valence electrons. The Morgan fingerprint density at radius 1 is 0.929 bits per heavy atom. The van der Waals surface area contributed by atoms with Crippen LogP contribution in [-0.2, 0) is 10.0 Å². The summed E-state index contributed by atoms with van der Waals surface area (Å²) in [5, 5.41) is 3.34. The second-order valence-electron chi connectivity index (χ2n) is 6.02. The van der Waals surface area contributed by atoms with Crippen LogP contribution in [0, 0.1) is 6.92 Å². The van der Waals surface area contributed by atoms with E-state index in [1.54, 1.807) is 18.2 Å². The predicted molar refractivity (Wildman–Crippen MR) is 113 cm³/mol. The third-order valence-electron chi connectivity index (χ3n) is 3.98. The summed E-state index contributed by atoms with van der Waals surface area (Å²) in [5.41, 5.74) is 2.07. The number of halogens is 2. The van der Waals surface area contributed by atoms with Crippen molar-refractivity contribution in [1.82, 2.24) is 0 Å². The smallest absolute Gasteiger partial charge is 0.261 e. The Labute approximate surface area is 173 Å². The Balaban J connectivity index is 1.77. The van der Waals surface area contributed by atoms with E-state index in [1.165, 1.54) is 36.4 Å². The molecule has 0 unspecified atom stereocenters. The standard InChI is InChI=1S/C20H16Cl2N2O3S/c1-13-4-2-3-5-17(13)20(25)23-15-7-9-16(10-8-15)28(26,27)24-19-12-14(21)6-11-18(19)22/h2-12,24H,1H3,(H,23,25). The molecule has 0 aromatic heterocycles. The van der Waals surface area contributed by atoms with Gasteiger partial charge in [-0.1, -0.05) is 41.4 Å². The molecule has 3 aromatic rings. The summed E-state index contributed by atoms with van der Waals surface area (Å²) >= 11 is 11.9. The van der Waals surface area contributed by atoms with Crippen LogP contribution >= 0.6 is 23.2 Å². The summed E-state index contributed by atoms with van der Waals surface area (Å²) in [6, 6.07) is 17.5. The van der Waals surface area contributed by atoms with Gasteiger partial charge < -0.3 is 5.32 Å². The van der Waals surface area contributed by atoms with E-state index < -0.39 is 10.0 Å². The van der Waals surface area contributed by atoms with Crippen LogP contribution in [-0.4, -0.2) is 14.3 Å². The van der Waals surface area contributed by atoms with Crippen LogP contribution in [0.1, 0.15) is 15.9 Å². The maximum atomic E-state index is 12.6. The number of amides is 1. The van der Waals surface area contributed by atoms with Crippen LogP contribution in [0.15, 0.2) is 71.6 Å². The molecular formula is C20H16Cl2N2O3S. The lowest BCUT2D eigenvalue weighted by Gasteiger charge is -2.11. The van der Waals surface area contributed by atoms with Crippen molar-refractivity contribution < 1.29 is 13.2 Å². The third kappa shape index (κ3) is 4.65. The molecule has 2 N–H and O–H groups in total. The second-order valence-corrected chi connectivity index (χ2v) is 8.55. The number of carbonyl (C=O) groups is 1. The minimum atomic E-state index is -3.86. The Kier molecular flexibility index (Phi) is 5.93. The van der Waals surface area contributed by atoms with Gasteiger partial charge in [0, 0.05) is 16.3 Å². The number of rotatable bonds is 5. The Morgan fingerprint density at radius 2 is 1.61 bits per heavy atom. The minimum absolute atomic E-state index is 0.0254. The number of nitrogens with one attached hydrogen (secondary N) is 2. The van der Waals surface area contributed by atoms with E-state index in [0.717, 1.165) is 5.56 Å². The lowest BCUT2D eigenvalue weighted by molar-refractivity contribution is 0.102. The highest BCUT2D eigenvalue weighted by Gasteiger charge is 2.16. The quantitative estimate of drug-likeness (QED) is 0.567. The molecule has 8 heteroatoms. The summed E-state index contributed by atoms with van der Waals surface area (Å²) in [4.78, 5) is 12.4. The van der Waals surface area contributed by atoms with Gasteiger partial charge in [0.05, 0.1) is 15.6 Å². The Bertz CT molecular complexity index is 1130. The molecule has 3 rings (SSSR count). The van der Waals surface area contributed by atoms with E-state index in [9.17, 15) is 13.2 Å². The highest BCUT2D eigenvalue weighted by Crippen LogP contribution is 2.28. The van der Waals surface area contributed by atoms with Gasteiger partial charge in [0.15, 0.2) is 0 Å². The summed E-state index contributed by atoms with van der Waals surface area (Å²) in [5.74, 6) is -0.266. The van der Waals surface area contributed by atoms with Crippen LogP contribution in [0.25, 0.3) is 0 Å². The molecule has 0 saturated carbocycles.